The van der Waals surface area contributed by atoms with E-state index in [9.17, 15) is 14.4 Å². The van der Waals surface area contributed by atoms with E-state index in [2.05, 4.69) is 0 Å². The number of morpholine rings is 1. The van der Waals surface area contributed by atoms with Crippen molar-refractivity contribution in [2.24, 2.45) is 0 Å². The molecule has 0 aromatic rings. The van der Waals surface area contributed by atoms with Crippen LogP contribution in [0.15, 0.2) is 12.2 Å². The molecule has 0 radical (unpaired) electrons. The maximum Gasteiger partial charge on any atom is 0.332 e. The highest BCUT2D eigenvalue weighted by Crippen LogP contribution is 2.15. The zero-order valence-electron chi connectivity index (χ0n) is 10.9. The lowest BCUT2D eigenvalue weighted by molar-refractivity contribution is -0.168. The van der Waals surface area contributed by atoms with Gasteiger partial charge in [0.2, 0.25) is 0 Å². The average molecular weight is 271 g/mol. The van der Waals surface area contributed by atoms with Crippen molar-refractivity contribution in [2.75, 3.05) is 26.3 Å². The van der Waals surface area contributed by atoms with Crippen LogP contribution < -0.4 is 0 Å². The third-order valence-corrected chi connectivity index (χ3v) is 2.53. The third-order valence-electron chi connectivity index (χ3n) is 2.53. The van der Waals surface area contributed by atoms with E-state index in [4.69, 9.17) is 14.6 Å². The second-order valence-corrected chi connectivity index (χ2v) is 4.51. The van der Waals surface area contributed by atoms with Crippen molar-refractivity contribution in [3.05, 3.63) is 12.2 Å². The number of ether oxygens (including phenoxy) is 2. The number of hydrogen-bond acceptors (Lipinski definition) is 5. The van der Waals surface area contributed by atoms with E-state index in [1.165, 1.54) is 13.8 Å². The van der Waals surface area contributed by atoms with Gasteiger partial charge in [0.05, 0.1) is 13.2 Å². The lowest BCUT2D eigenvalue weighted by Gasteiger charge is -2.33. The summed E-state index contributed by atoms with van der Waals surface area (Å²) in [6.07, 6.45) is 1.44. The standard InChI is InChI=1S/C12H17NO6/c1-12(2,19-10(16)4-3-9(14)15)11(17)13-5-7-18-8-6-13/h3-4H,5-8H2,1-2H3,(H,14,15)/b4-3+. The van der Waals surface area contributed by atoms with E-state index in [-0.39, 0.29) is 5.91 Å². The largest absolute Gasteiger partial charge is 0.478 e. The maximum atomic E-state index is 12.1. The van der Waals surface area contributed by atoms with Gasteiger partial charge in [0, 0.05) is 25.2 Å². The summed E-state index contributed by atoms with van der Waals surface area (Å²) < 4.78 is 10.1. The van der Waals surface area contributed by atoms with E-state index in [0.717, 1.165) is 6.08 Å². The fraction of sp³-hybridized carbons (Fsp3) is 0.583. The normalized spacial score (nSPS) is 16.4. The van der Waals surface area contributed by atoms with Crippen molar-refractivity contribution in [2.45, 2.75) is 19.4 Å². The fourth-order valence-electron chi connectivity index (χ4n) is 1.62. The Morgan fingerprint density at radius 3 is 2.32 bits per heavy atom. The van der Waals surface area contributed by atoms with Crippen LogP contribution in [0.25, 0.3) is 0 Å². The smallest absolute Gasteiger partial charge is 0.332 e. The van der Waals surface area contributed by atoms with Crippen molar-refractivity contribution < 1.29 is 29.0 Å². The van der Waals surface area contributed by atoms with Crippen LogP contribution in [0.1, 0.15) is 13.8 Å². The maximum absolute atomic E-state index is 12.1. The van der Waals surface area contributed by atoms with Crippen molar-refractivity contribution in [1.82, 2.24) is 4.90 Å². The second kappa shape index (κ2) is 6.33. The molecule has 0 spiro atoms. The Balaban J connectivity index is 2.60. The van der Waals surface area contributed by atoms with Gasteiger partial charge >= 0.3 is 11.9 Å². The van der Waals surface area contributed by atoms with Gasteiger partial charge < -0.3 is 19.5 Å². The van der Waals surface area contributed by atoms with Crippen LogP contribution in [0.2, 0.25) is 0 Å². The summed E-state index contributed by atoms with van der Waals surface area (Å²) in [4.78, 5) is 35.3. The summed E-state index contributed by atoms with van der Waals surface area (Å²) in [5.74, 6) is -2.45. The van der Waals surface area contributed by atoms with E-state index >= 15 is 0 Å². The Kier molecular flexibility index (Phi) is 5.05. The van der Waals surface area contributed by atoms with E-state index in [1.54, 1.807) is 4.90 Å². The van der Waals surface area contributed by atoms with Gasteiger partial charge in [-0.15, -0.1) is 0 Å². The third kappa shape index (κ3) is 4.70. The quantitative estimate of drug-likeness (QED) is 0.562. The molecule has 0 aromatic carbocycles. The molecule has 0 saturated carbocycles. The number of esters is 1. The van der Waals surface area contributed by atoms with Crippen LogP contribution >= 0.6 is 0 Å². The number of rotatable bonds is 4. The molecule has 0 aromatic heterocycles. The van der Waals surface area contributed by atoms with Crippen LogP contribution in [0, 0.1) is 0 Å². The number of carbonyl (C=O) groups excluding carboxylic acids is 2. The number of amides is 1. The molecule has 1 aliphatic rings. The Hall–Kier alpha value is -1.89. The Bertz CT molecular complexity index is 395. The molecule has 1 aliphatic heterocycles. The minimum Gasteiger partial charge on any atom is -0.478 e. The van der Waals surface area contributed by atoms with Gasteiger partial charge in [0.15, 0.2) is 5.60 Å². The van der Waals surface area contributed by atoms with Crippen LogP contribution in [0.5, 0.6) is 0 Å². The predicted molar refractivity (Wildman–Crippen MR) is 64.3 cm³/mol. The lowest BCUT2D eigenvalue weighted by atomic mass is 10.1. The first-order valence-corrected chi connectivity index (χ1v) is 5.84. The Labute approximate surface area is 110 Å². The number of carboxylic acids is 1. The monoisotopic (exact) mass is 271 g/mol. The first-order chi connectivity index (χ1) is 8.83. The van der Waals surface area contributed by atoms with Gasteiger partial charge in [-0.25, -0.2) is 9.59 Å². The van der Waals surface area contributed by atoms with Crippen molar-refractivity contribution >= 4 is 17.8 Å². The molecular weight excluding hydrogens is 254 g/mol. The van der Waals surface area contributed by atoms with Gasteiger partial charge in [-0.2, -0.15) is 0 Å². The molecule has 1 saturated heterocycles. The fourth-order valence-corrected chi connectivity index (χ4v) is 1.62. The summed E-state index contributed by atoms with van der Waals surface area (Å²) in [5, 5.41) is 8.39. The molecule has 1 N–H and O–H groups in total. The lowest BCUT2D eigenvalue weighted by Crippen LogP contribution is -2.51. The first kappa shape index (κ1) is 15.2. The number of hydrogen-bond donors (Lipinski definition) is 1. The zero-order chi connectivity index (χ0) is 14.5. The SMILES string of the molecule is CC(C)(OC(=O)/C=C/C(=O)O)C(=O)N1CCOCC1. The Morgan fingerprint density at radius 1 is 1.21 bits per heavy atom. The van der Waals surface area contributed by atoms with Gasteiger partial charge in [0.25, 0.3) is 5.91 Å². The zero-order valence-corrected chi connectivity index (χ0v) is 10.9. The van der Waals surface area contributed by atoms with E-state index in [1.807, 2.05) is 0 Å². The Morgan fingerprint density at radius 2 is 1.79 bits per heavy atom. The summed E-state index contributed by atoms with van der Waals surface area (Å²) in [7, 11) is 0. The molecule has 0 atom stereocenters. The number of aliphatic carboxylic acids is 1. The van der Waals surface area contributed by atoms with Gasteiger partial charge in [0.1, 0.15) is 0 Å². The molecule has 106 valence electrons. The molecule has 0 unspecified atom stereocenters. The summed E-state index contributed by atoms with van der Waals surface area (Å²) in [5.41, 5.74) is -1.34. The first-order valence-electron chi connectivity index (χ1n) is 5.84. The molecule has 1 heterocycles. The molecule has 0 bridgehead atoms. The van der Waals surface area contributed by atoms with Crippen LogP contribution in [-0.2, 0) is 23.9 Å². The van der Waals surface area contributed by atoms with Crippen molar-refractivity contribution in [1.29, 1.82) is 0 Å². The topological polar surface area (TPSA) is 93.1 Å². The minimum absolute atomic E-state index is 0.326. The molecule has 0 aliphatic carbocycles. The van der Waals surface area contributed by atoms with E-state index in [0.29, 0.717) is 32.4 Å². The molecule has 1 amide bonds. The van der Waals surface area contributed by atoms with Crippen LogP contribution in [-0.4, -0.2) is 59.8 Å². The summed E-state index contributed by atoms with van der Waals surface area (Å²) in [6, 6.07) is 0. The van der Waals surface area contributed by atoms with Crippen molar-refractivity contribution in [3.63, 3.8) is 0 Å². The highest BCUT2D eigenvalue weighted by atomic mass is 16.6. The summed E-state index contributed by atoms with van der Waals surface area (Å²) in [6.45, 7) is 4.74. The molecule has 1 fully saturated rings. The second-order valence-electron chi connectivity index (χ2n) is 4.51. The number of carboxylic acid groups (broad SMARTS) is 1. The highest BCUT2D eigenvalue weighted by Gasteiger charge is 2.36. The van der Waals surface area contributed by atoms with Gasteiger partial charge in [-0.3, -0.25) is 4.79 Å². The number of carbonyl (C=O) groups is 3. The molecule has 7 nitrogen and oxygen atoms in total. The minimum atomic E-state index is -1.34. The molecule has 7 heteroatoms. The number of nitrogens with zero attached hydrogens (tertiary/aromatic N) is 1. The highest BCUT2D eigenvalue weighted by molar-refractivity contribution is 5.93. The molecule has 19 heavy (non-hydrogen) atoms. The average Bonchev–Trinajstić information content (AvgIpc) is 2.36. The molecular formula is C12H17NO6. The van der Waals surface area contributed by atoms with E-state index < -0.39 is 17.5 Å². The van der Waals surface area contributed by atoms with Gasteiger partial charge in [-0.1, -0.05) is 0 Å². The van der Waals surface area contributed by atoms with Crippen molar-refractivity contribution in [3.8, 4) is 0 Å². The predicted octanol–water partition coefficient (Wildman–Crippen LogP) is -0.192. The van der Waals surface area contributed by atoms with Gasteiger partial charge in [-0.05, 0) is 13.8 Å². The molecule has 1 rings (SSSR count). The summed E-state index contributed by atoms with van der Waals surface area (Å²) >= 11 is 0. The van der Waals surface area contributed by atoms with Crippen LogP contribution in [0.3, 0.4) is 0 Å². The van der Waals surface area contributed by atoms with Crippen LogP contribution in [0.4, 0.5) is 0 Å².